The number of rotatable bonds is 3. The second-order valence-corrected chi connectivity index (χ2v) is 7.70. The zero-order valence-electron chi connectivity index (χ0n) is 14.5. The Morgan fingerprint density at radius 3 is 2.62 bits per heavy atom. The van der Waals surface area contributed by atoms with Crippen LogP contribution in [0, 0.1) is 17.8 Å². The van der Waals surface area contributed by atoms with Crippen molar-refractivity contribution in [2.45, 2.75) is 58.4 Å². The second kappa shape index (κ2) is 6.95. The van der Waals surface area contributed by atoms with Crippen LogP contribution in [-0.4, -0.2) is 38.1 Å². The van der Waals surface area contributed by atoms with E-state index in [1.54, 1.807) is 0 Å². The first kappa shape index (κ1) is 17.0. The summed E-state index contributed by atoms with van der Waals surface area (Å²) in [5.74, 6) is 0.458. The number of carbonyl (C=O) groups is 2. The van der Waals surface area contributed by atoms with Crippen LogP contribution in [0.2, 0.25) is 0 Å². The lowest BCUT2D eigenvalue weighted by atomic mass is 9.86. The number of carbonyl (C=O) groups excluding carboxylic acids is 1. The minimum absolute atomic E-state index is 0.200. The van der Waals surface area contributed by atoms with Gasteiger partial charge in [0.15, 0.2) is 0 Å². The van der Waals surface area contributed by atoms with Crippen LogP contribution in [-0.2, 0) is 11.2 Å². The van der Waals surface area contributed by atoms with Gasteiger partial charge in [0.05, 0.1) is 12.0 Å². The normalized spacial score (nSPS) is 31.2. The van der Waals surface area contributed by atoms with Crippen LogP contribution >= 0.6 is 0 Å². The van der Waals surface area contributed by atoms with E-state index in [2.05, 4.69) is 22.7 Å². The Hall–Kier alpha value is -1.85. The molecule has 24 heavy (non-hydrogen) atoms. The Labute approximate surface area is 142 Å². The summed E-state index contributed by atoms with van der Waals surface area (Å²) in [7, 11) is 0. The van der Waals surface area contributed by atoms with E-state index in [0.29, 0.717) is 19.0 Å². The van der Waals surface area contributed by atoms with Gasteiger partial charge in [0, 0.05) is 31.1 Å². The fourth-order valence-corrected chi connectivity index (χ4v) is 4.10. The van der Waals surface area contributed by atoms with Crippen LogP contribution in [0.15, 0.2) is 12.5 Å². The van der Waals surface area contributed by atoms with Gasteiger partial charge in [0.2, 0.25) is 5.91 Å². The predicted octanol–water partition coefficient (Wildman–Crippen LogP) is 3.34. The molecule has 2 heterocycles. The SMILES string of the molecule is C[C@H]1C[C@H](Cc2cn([C@H]3CC[C@H](C)CC3)cn2)C(=O)N(C(=O)O)C1. The minimum atomic E-state index is -1.14. The summed E-state index contributed by atoms with van der Waals surface area (Å²) < 4.78 is 2.19. The van der Waals surface area contributed by atoms with E-state index in [9.17, 15) is 14.7 Å². The Morgan fingerprint density at radius 2 is 1.96 bits per heavy atom. The summed E-state index contributed by atoms with van der Waals surface area (Å²) in [6, 6.07) is 0.513. The van der Waals surface area contributed by atoms with Crippen molar-refractivity contribution in [2.24, 2.45) is 17.8 Å². The maximum atomic E-state index is 12.4. The number of piperidine rings is 1. The Kier molecular flexibility index (Phi) is 4.92. The van der Waals surface area contributed by atoms with E-state index in [-0.39, 0.29) is 17.7 Å². The average molecular weight is 333 g/mol. The first-order chi connectivity index (χ1) is 11.4. The van der Waals surface area contributed by atoms with Crippen molar-refractivity contribution in [3.05, 3.63) is 18.2 Å². The van der Waals surface area contributed by atoms with Crippen LogP contribution in [0.1, 0.15) is 57.7 Å². The lowest BCUT2D eigenvalue weighted by Gasteiger charge is -2.32. The van der Waals surface area contributed by atoms with Gasteiger partial charge in [0.25, 0.3) is 0 Å². The summed E-state index contributed by atoms with van der Waals surface area (Å²) in [5, 5.41) is 9.19. The van der Waals surface area contributed by atoms with Crippen molar-refractivity contribution in [3.8, 4) is 0 Å². The zero-order valence-corrected chi connectivity index (χ0v) is 14.5. The number of nitrogens with zero attached hydrogens (tertiary/aromatic N) is 3. The number of imide groups is 1. The van der Waals surface area contributed by atoms with E-state index >= 15 is 0 Å². The Balaban J connectivity index is 1.65. The summed E-state index contributed by atoms with van der Waals surface area (Å²) in [6.45, 7) is 4.61. The lowest BCUT2D eigenvalue weighted by molar-refractivity contribution is -0.137. The number of amides is 2. The highest BCUT2D eigenvalue weighted by atomic mass is 16.4. The number of hydrogen-bond donors (Lipinski definition) is 1. The largest absolute Gasteiger partial charge is 0.465 e. The monoisotopic (exact) mass is 333 g/mol. The third-order valence-electron chi connectivity index (χ3n) is 5.54. The van der Waals surface area contributed by atoms with Gasteiger partial charge in [-0.2, -0.15) is 0 Å². The van der Waals surface area contributed by atoms with Gasteiger partial charge in [-0.3, -0.25) is 4.79 Å². The molecule has 1 aliphatic heterocycles. The Morgan fingerprint density at radius 1 is 1.25 bits per heavy atom. The molecule has 6 nitrogen and oxygen atoms in total. The molecule has 2 atom stereocenters. The van der Waals surface area contributed by atoms with E-state index in [0.717, 1.165) is 22.9 Å². The van der Waals surface area contributed by atoms with E-state index in [1.165, 1.54) is 25.7 Å². The van der Waals surface area contributed by atoms with E-state index in [4.69, 9.17) is 0 Å². The molecule has 1 saturated heterocycles. The smallest absolute Gasteiger partial charge is 0.414 e. The van der Waals surface area contributed by atoms with Crippen LogP contribution < -0.4 is 0 Å². The summed E-state index contributed by atoms with van der Waals surface area (Å²) in [4.78, 5) is 29.1. The molecule has 0 aromatic carbocycles. The standard InChI is InChI=1S/C18H27N3O3/c1-12-3-5-16(6-4-12)20-10-15(19-11-20)8-14-7-13(2)9-21(17(14)22)18(23)24/h10-14,16H,3-9H2,1-2H3,(H,23,24)/t12-,13-,14+,16-/m0/s1. The number of hydrogen-bond acceptors (Lipinski definition) is 3. The molecule has 2 amide bonds. The number of carboxylic acid groups (broad SMARTS) is 1. The first-order valence-electron chi connectivity index (χ1n) is 9.00. The van der Waals surface area contributed by atoms with Gasteiger partial charge >= 0.3 is 6.09 Å². The highest BCUT2D eigenvalue weighted by Crippen LogP contribution is 2.32. The molecule has 6 heteroatoms. The molecule has 0 bridgehead atoms. The van der Waals surface area contributed by atoms with Crippen LogP contribution in [0.4, 0.5) is 4.79 Å². The number of imidazole rings is 1. The molecule has 3 rings (SSSR count). The van der Waals surface area contributed by atoms with Gasteiger partial charge in [-0.05, 0) is 43.9 Å². The van der Waals surface area contributed by atoms with E-state index in [1.807, 2.05) is 13.3 Å². The van der Waals surface area contributed by atoms with Crippen LogP contribution in [0.3, 0.4) is 0 Å². The maximum Gasteiger partial charge on any atom is 0.414 e. The van der Waals surface area contributed by atoms with Crippen molar-refractivity contribution >= 4 is 12.0 Å². The lowest BCUT2D eigenvalue weighted by Crippen LogP contribution is -2.47. The quantitative estimate of drug-likeness (QED) is 0.920. The summed E-state index contributed by atoms with van der Waals surface area (Å²) in [5.41, 5.74) is 0.895. The van der Waals surface area contributed by atoms with Crippen molar-refractivity contribution in [3.63, 3.8) is 0 Å². The molecule has 0 radical (unpaired) electrons. The maximum absolute atomic E-state index is 12.4. The molecule has 1 aromatic rings. The molecule has 1 aliphatic carbocycles. The molecule has 0 unspecified atom stereocenters. The summed E-state index contributed by atoms with van der Waals surface area (Å²) in [6.07, 6.45) is 8.93. The van der Waals surface area contributed by atoms with Gasteiger partial charge in [-0.25, -0.2) is 14.7 Å². The summed E-state index contributed by atoms with van der Waals surface area (Å²) >= 11 is 0. The molecule has 1 aromatic heterocycles. The van der Waals surface area contributed by atoms with Gasteiger partial charge in [-0.1, -0.05) is 13.8 Å². The van der Waals surface area contributed by atoms with Crippen molar-refractivity contribution in [1.82, 2.24) is 14.5 Å². The average Bonchev–Trinajstić information content (AvgIpc) is 2.99. The predicted molar refractivity (Wildman–Crippen MR) is 89.6 cm³/mol. The van der Waals surface area contributed by atoms with Crippen molar-refractivity contribution < 1.29 is 14.7 Å². The molecule has 2 fully saturated rings. The zero-order chi connectivity index (χ0) is 17.3. The first-order valence-corrected chi connectivity index (χ1v) is 9.00. The van der Waals surface area contributed by atoms with E-state index < -0.39 is 6.09 Å². The van der Waals surface area contributed by atoms with Gasteiger partial charge < -0.3 is 9.67 Å². The molecule has 1 N–H and O–H groups in total. The second-order valence-electron chi connectivity index (χ2n) is 7.70. The fourth-order valence-electron chi connectivity index (χ4n) is 4.10. The number of likely N-dealkylation sites (tertiary alicyclic amines) is 1. The molecule has 0 spiro atoms. The molecular formula is C18H27N3O3. The van der Waals surface area contributed by atoms with Gasteiger partial charge in [-0.15, -0.1) is 0 Å². The molecular weight excluding hydrogens is 306 g/mol. The van der Waals surface area contributed by atoms with Gasteiger partial charge in [0.1, 0.15) is 0 Å². The number of aromatic nitrogens is 2. The molecule has 1 saturated carbocycles. The minimum Gasteiger partial charge on any atom is -0.465 e. The fraction of sp³-hybridized carbons (Fsp3) is 0.722. The Bertz CT molecular complexity index is 604. The van der Waals surface area contributed by atoms with Crippen molar-refractivity contribution in [2.75, 3.05) is 6.54 Å². The molecule has 2 aliphatic rings. The molecule has 132 valence electrons. The third kappa shape index (κ3) is 3.62. The van der Waals surface area contributed by atoms with Crippen LogP contribution in [0.5, 0.6) is 0 Å². The van der Waals surface area contributed by atoms with Crippen molar-refractivity contribution in [1.29, 1.82) is 0 Å². The topological polar surface area (TPSA) is 75.4 Å². The third-order valence-corrected chi connectivity index (χ3v) is 5.54. The highest BCUT2D eigenvalue weighted by molar-refractivity contribution is 5.93. The van der Waals surface area contributed by atoms with Crippen LogP contribution in [0.25, 0.3) is 0 Å². The highest BCUT2D eigenvalue weighted by Gasteiger charge is 2.36.